The molecule has 3 aromatic carbocycles. The molecule has 0 aliphatic carbocycles. The Kier molecular flexibility index (Phi) is 6.03. The molecule has 0 radical (unpaired) electrons. The van der Waals surface area contributed by atoms with Gasteiger partial charge in [0.2, 0.25) is 0 Å². The number of carbonyl (C=O) groups excluding carboxylic acids is 2. The van der Waals surface area contributed by atoms with Crippen molar-refractivity contribution in [1.82, 2.24) is 20.8 Å². The quantitative estimate of drug-likeness (QED) is 0.435. The largest absolute Gasteiger partial charge is 0.508 e. The lowest BCUT2D eigenvalue weighted by Crippen LogP contribution is -2.38. The second-order valence-corrected chi connectivity index (χ2v) is 7.12. The van der Waals surface area contributed by atoms with Gasteiger partial charge in [-0.2, -0.15) is 5.10 Å². The van der Waals surface area contributed by atoms with Crippen molar-refractivity contribution in [3.63, 3.8) is 0 Å². The maximum Gasteiger partial charge on any atom is 0.272 e. The average molecular weight is 430 g/mol. The molecule has 1 aromatic heterocycles. The molecule has 1 atom stereocenters. The van der Waals surface area contributed by atoms with Crippen molar-refractivity contribution in [2.45, 2.75) is 6.04 Å². The summed E-state index contributed by atoms with van der Waals surface area (Å²) in [5.41, 5.74) is 0.587. The van der Waals surface area contributed by atoms with E-state index in [4.69, 9.17) is 0 Å². The number of aromatic nitrogens is 2. The SMILES string of the molecule is O=C(NC(CNC(=O)c1cc(O)ccc1F)c1ccc2ccccc2c1)c1cccnn1. The van der Waals surface area contributed by atoms with Gasteiger partial charge in [0, 0.05) is 12.7 Å². The van der Waals surface area contributed by atoms with Crippen LogP contribution < -0.4 is 10.6 Å². The number of hydrogen-bond donors (Lipinski definition) is 3. The number of phenols is 1. The third-order valence-corrected chi connectivity index (χ3v) is 4.95. The third kappa shape index (κ3) is 4.70. The highest BCUT2D eigenvalue weighted by atomic mass is 19.1. The topological polar surface area (TPSA) is 104 Å². The van der Waals surface area contributed by atoms with Gasteiger partial charge in [0.15, 0.2) is 5.69 Å². The Bertz CT molecular complexity index is 1280. The average Bonchev–Trinajstić information content (AvgIpc) is 2.83. The van der Waals surface area contributed by atoms with Gasteiger partial charge in [-0.05, 0) is 52.7 Å². The summed E-state index contributed by atoms with van der Waals surface area (Å²) in [4.78, 5) is 25.2. The van der Waals surface area contributed by atoms with Gasteiger partial charge < -0.3 is 15.7 Å². The first-order chi connectivity index (χ1) is 15.5. The van der Waals surface area contributed by atoms with Crippen LogP contribution in [-0.2, 0) is 0 Å². The Morgan fingerprint density at radius 2 is 1.75 bits per heavy atom. The van der Waals surface area contributed by atoms with Crippen LogP contribution in [0.1, 0.15) is 32.5 Å². The minimum absolute atomic E-state index is 0.0156. The summed E-state index contributed by atoms with van der Waals surface area (Å²) in [6, 6.07) is 19.2. The van der Waals surface area contributed by atoms with Gasteiger partial charge in [0.25, 0.3) is 11.8 Å². The first-order valence-corrected chi connectivity index (χ1v) is 9.85. The van der Waals surface area contributed by atoms with Crippen molar-refractivity contribution in [3.8, 4) is 5.75 Å². The van der Waals surface area contributed by atoms with Crippen LogP contribution >= 0.6 is 0 Å². The number of fused-ring (bicyclic) bond motifs is 1. The smallest absolute Gasteiger partial charge is 0.272 e. The maximum atomic E-state index is 14.0. The van der Waals surface area contributed by atoms with Crippen molar-refractivity contribution in [3.05, 3.63) is 102 Å². The lowest BCUT2D eigenvalue weighted by Gasteiger charge is -2.20. The molecule has 0 saturated heterocycles. The van der Waals surface area contributed by atoms with E-state index in [0.717, 1.165) is 34.5 Å². The summed E-state index contributed by atoms with van der Waals surface area (Å²) >= 11 is 0. The molecule has 8 heteroatoms. The van der Waals surface area contributed by atoms with Crippen molar-refractivity contribution in [2.24, 2.45) is 0 Å². The van der Waals surface area contributed by atoms with E-state index in [0.29, 0.717) is 0 Å². The highest BCUT2D eigenvalue weighted by Gasteiger charge is 2.20. The molecule has 0 saturated carbocycles. The summed E-state index contributed by atoms with van der Waals surface area (Å²) in [5.74, 6) is -2.16. The van der Waals surface area contributed by atoms with E-state index in [1.165, 1.54) is 12.3 Å². The monoisotopic (exact) mass is 430 g/mol. The predicted molar refractivity (Wildman–Crippen MR) is 117 cm³/mol. The number of benzene rings is 3. The van der Waals surface area contributed by atoms with E-state index in [2.05, 4.69) is 20.8 Å². The first-order valence-electron chi connectivity index (χ1n) is 9.85. The van der Waals surface area contributed by atoms with Crippen molar-refractivity contribution in [1.29, 1.82) is 0 Å². The molecule has 2 amide bonds. The van der Waals surface area contributed by atoms with Crippen molar-refractivity contribution >= 4 is 22.6 Å². The van der Waals surface area contributed by atoms with Crippen LogP contribution in [0.25, 0.3) is 10.8 Å². The molecule has 0 aliphatic rings. The highest BCUT2D eigenvalue weighted by Crippen LogP contribution is 2.21. The Balaban J connectivity index is 1.59. The fourth-order valence-electron chi connectivity index (χ4n) is 3.31. The van der Waals surface area contributed by atoms with E-state index >= 15 is 0 Å². The van der Waals surface area contributed by atoms with Crippen LogP contribution in [0.3, 0.4) is 0 Å². The third-order valence-electron chi connectivity index (χ3n) is 4.95. The van der Waals surface area contributed by atoms with E-state index in [-0.39, 0.29) is 23.6 Å². The molecule has 7 nitrogen and oxygen atoms in total. The van der Waals surface area contributed by atoms with Crippen LogP contribution in [0.2, 0.25) is 0 Å². The van der Waals surface area contributed by atoms with E-state index in [9.17, 15) is 19.1 Å². The Labute approximate surface area is 182 Å². The van der Waals surface area contributed by atoms with Crippen LogP contribution in [0.4, 0.5) is 4.39 Å². The van der Waals surface area contributed by atoms with Crippen LogP contribution in [0.15, 0.2) is 79.0 Å². The lowest BCUT2D eigenvalue weighted by atomic mass is 10.0. The molecule has 4 rings (SSSR count). The zero-order chi connectivity index (χ0) is 22.5. The number of halogens is 1. The summed E-state index contributed by atoms with van der Waals surface area (Å²) < 4.78 is 14.0. The Morgan fingerprint density at radius 3 is 2.53 bits per heavy atom. The lowest BCUT2D eigenvalue weighted by molar-refractivity contribution is 0.0903. The Hall–Kier alpha value is -4.33. The highest BCUT2D eigenvalue weighted by molar-refractivity contribution is 5.95. The maximum absolute atomic E-state index is 14.0. The summed E-state index contributed by atoms with van der Waals surface area (Å²) in [5, 5.41) is 24.6. The Morgan fingerprint density at radius 1 is 0.938 bits per heavy atom. The van der Waals surface area contributed by atoms with E-state index in [1.807, 2.05) is 42.5 Å². The van der Waals surface area contributed by atoms with E-state index < -0.39 is 23.7 Å². The van der Waals surface area contributed by atoms with Crippen molar-refractivity contribution in [2.75, 3.05) is 6.54 Å². The molecule has 1 unspecified atom stereocenters. The van der Waals surface area contributed by atoms with Crippen LogP contribution in [0, 0.1) is 5.82 Å². The molecule has 4 aromatic rings. The normalized spacial score (nSPS) is 11.7. The van der Waals surface area contributed by atoms with Gasteiger partial charge >= 0.3 is 0 Å². The number of rotatable bonds is 6. The molecule has 3 N–H and O–H groups in total. The molecular formula is C24H19FN4O3. The number of carbonyl (C=O) groups is 2. The number of nitrogens with zero attached hydrogens (tertiary/aromatic N) is 2. The number of amides is 2. The molecule has 0 spiro atoms. The van der Waals surface area contributed by atoms with Crippen LogP contribution in [-0.4, -0.2) is 33.7 Å². The zero-order valence-corrected chi connectivity index (χ0v) is 16.8. The summed E-state index contributed by atoms with van der Waals surface area (Å²) in [7, 11) is 0. The van der Waals surface area contributed by atoms with Crippen molar-refractivity contribution < 1.29 is 19.1 Å². The molecular weight excluding hydrogens is 411 g/mol. The van der Waals surface area contributed by atoms with Gasteiger partial charge in [-0.25, -0.2) is 4.39 Å². The van der Waals surface area contributed by atoms with Gasteiger partial charge in [-0.15, -0.1) is 5.10 Å². The van der Waals surface area contributed by atoms with Gasteiger partial charge in [-0.1, -0.05) is 36.4 Å². The summed E-state index contributed by atoms with van der Waals surface area (Å²) in [6.45, 7) is -0.0156. The van der Waals surface area contributed by atoms with Gasteiger partial charge in [0.05, 0.1) is 11.6 Å². The van der Waals surface area contributed by atoms with Crippen LogP contribution in [0.5, 0.6) is 5.75 Å². The molecule has 32 heavy (non-hydrogen) atoms. The second kappa shape index (κ2) is 9.22. The number of nitrogens with one attached hydrogen (secondary N) is 2. The number of phenolic OH excluding ortho intramolecular Hbond substituents is 1. The molecule has 160 valence electrons. The molecule has 0 fully saturated rings. The predicted octanol–water partition coefficient (Wildman–Crippen LogP) is 3.38. The fourth-order valence-corrected chi connectivity index (χ4v) is 3.31. The minimum atomic E-state index is -0.758. The number of hydrogen-bond acceptors (Lipinski definition) is 5. The first kappa shape index (κ1) is 20.9. The molecule has 0 bridgehead atoms. The molecule has 1 heterocycles. The molecule has 0 aliphatic heterocycles. The second-order valence-electron chi connectivity index (χ2n) is 7.12. The minimum Gasteiger partial charge on any atom is -0.508 e. The zero-order valence-electron chi connectivity index (χ0n) is 16.8. The number of aromatic hydroxyl groups is 1. The summed E-state index contributed by atoms with van der Waals surface area (Å²) in [6.07, 6.45) is 1.46. The van der Waals surface area contributed by atoms with Gasteiger partial charge in [0.1, 0.15) is 11.6 Å². The van der Waals surface area contributed by atoms with Gasteiger partial charge in [-0.3, -0.25) is 9.59 Å². The fraction of sp³-hybridized carbons (Fsp3) is 0.0833. The standard InChI is InChI=1S/C24H19FN4O3/c25-20-10-9-18(30)13-19(20)23(31)26-14-22(28-24(32)21-6-3-11-27-29-21)17-8-7-15-4-1-2-5-16(15)12-17/h1-13,22,30H,14H2,(H,26,31)(H,28,32). The van der Waals surface area contributed by atoms with E-state index in [1.54, 1.807) is 6.07 Å².